The highest BCUT2D eigenvalue weighted by Gasteiger charge is 2.31. The summed E-state index contributed by atoms with van der Waals surface area (Å²) in [6.07, 6.45) is -0.777. The van der Waals surface area contributed by atoms with Crippen molar-refractivity contribution in [2.24, 2.45) is 17.4 Å². The van der Waals surface area contributed by atoms with Crippen molar-refractivity contribution >= 4 is 29.7 Å². The summed E-state index contributed by atoms with van der Waals surface area (Å²) in [5.41, 5.74) is 10.4. The molecule has 11 nitrogen and oxygen atoms in total. The summed E-state index contributed by atoms with van der Waals surface area (Å²) in [6.45, 7) is 3.38. The summed E-state index contributed by atoms with van der Waals surface area (Å²) in [5, 5.41) is 22.1. The van der Waals surface area contributed by atoms with Gasteiger partial charge in [-0.2, -0.15) is 0 Å². The zero-order valence-electron chi connectivity index (χ0n) is 14.0. The van der Waals surface area contributed by atoms with Gasteiger partial charge in [-0.05, 0) is 5.92 Å². The molecule has 0 aliphatic carbocycles. The number of hydrogen-bond donors (Lipinski definition) is 6. The highest BCUT2D eigenvalue weighted by Crippen LogP contribution is 2.09. The molecule has 0 aliphatic heterocycles. The second-order valence-electron chi connectivity index (χ2n) is 5.65. The van der Waals surface area contributed by atoms with E-state index in [1.807, 2.05) is 0 Å². The standard InChI is InChI=1S/C14H24N4O7/c1-3-6(2)11(18-12(22)7(15)4-10(20)21)13(23)17-8(14(24)25)5-9(16)19/h6-8,11H,3-5,15H2,1-2H3,(H2,16,19)(H,17,23)(H,18,22)(H,20,21)(H,24,25)/t6-,7-,8-,11-/m0/s1. The van der Waals surface area contributed by atoms with Gasteiger partial charge in [-0.15, -0.1) is 0 Å². The Kier molecular flexibility index (Phi) is 9.13. The van der Waals surface area contributed by atoms with Crippen LogP contribution in [0.15, 0.2) is 0 Å². The van der Waals surface area contributed by atoms with Gasteiger partial charge >= 0.3 is 11.9 Å². The highest BCUT2D eigenvalue weighted by atomic mass is 16.4. The normalized spacial score (nSPS) is 15.3. The van der Waals surface area contributed by atoms with E-state index in [1.54, 1.807) is 13.8 Å². The summed E-state index contributed by atoms with van der Waals surface area (Å²) < 4.78 is 0. The molecule has 0 heterocycles. The van der Waals surface area contributed by atoms with Crippen LogP contribution in [0, 0.1) is 5.92 Å². The van der Waals surface area contributed by atoms with Crippen molar-refractivity contribution in [2.75, 3.05) is 0 Å². The smallest absolute Gasteiger partial charge is 0.326 e. The highest BCUT2D eigenvalue weighted by molar-refractivity contribution is 5.94. The van der Waals surface area contributed by atoms with Crippen molar-refractivity contribution in [1.82, 2.24) is 10.6 Å². The third-order valence-electron chi connectivity index (χ3n) is 3.54. The lowest BCUT2D eigenvalue weighted by Crippen LogP contribution is -2.57. The third kappa shape index (κ3) is 8.11. The topological polar surface area (TPSA) is 202 Å². The molecule has 0 aliphatic rings. The van der Waals surface area contributed by atoms with Gasteiger partial charge in [0.15, 0.2) is 0 Å². The number of rotatable bonds is 11. The van der Waals surface area contributed by atoms with Gasteiger partial charge in [-0.25, -0.2) is 4.79 Å². The molecule has 0 unspecified atom stereocenters. The monoisotopic (exact) mass is 360 g/mol. The fourth-order valence-corrected chi connectivity index (χ4v) is 1.91. The van der Waals surface area contributed by atoms with Crippen LogP contribution >= 0.6 is 0 Å². The van der Waals surface area contributed by atoms with E-state index in [4.69, 9.17) is 21.7 Å². The van der Waals surface area contributed by atoms with Gasteiger partial charge in [0, 0.05) is 0 Å². The molecule has 4 atom stereocenters. The fraction of sp³-hybridized carbons (Fsp3) is 0.643. The van der Waals surface area contributed by atoms with Crippen molar-refractivity contribution in [3.63, 3.8) is 0 Å². The molecule has 0 spiro atoms. The molecule has 0 aromatic carbocycles. The van der Waals surface area contributed by atoms with E-state index in [9.17, 15) is 24.0 Å². The van der Waals surface area contributed by atoms with E-state index in [0.717, 1.165) is 0 Å². The number of nitrogens with one attached hydrogen (secondary N) is 2. The average molecular weight is 360 g/mol. The lowest BCUT2D eigenvalue weighted by atomic mass is 9.97. The van der Waals surface area contributed by atoms with Crippen molar-refractivity contribution < 1.29 is 34.2 Å². The lowest BCUT2D eigenvalue weighted by Gasteiger charge is -2.26. The summed E-state index contributed by atoms with van der Waals surface area (Å²) >= 11 is 0. The van der Waals surface area contributed by atoms with Crippen LogP contribution in [0.1, 0.15) is 33.1 Å². The van der Waals surface area contributed by atoms with E-state index in [-0.39, 0.29) is 0 Å². The minimum absolute atomic E-state index is 0.399. The molecule has 142 valence electrons. The number of primary amides is 1. The number of carbonyl (C=O) groups is 5. The molecule has 0 saturated carbocycles. The molecule has 0 rings (SSSR count). The minimum Gasteiger partial charge on any atom is -0.481 e. The molecule has 11 heteroatoms. The fourth-order valence-electron chi connectivity index (χ4n) is 1.91. The number of carboxylic acid groups (broad SMARTS) is 2. The number of aliphatic carboxylic acids is 2. The molecule has 0 saturated heterocycles. The maximum Gasteiger partial charge on any atom is 0.326 e. The molecular formula is C14H24N4O7. The van der Waals surface area contributed by atoms with Gasteiger partial charge in [-0.1, -0.05) is 20.3 Å². The summed E-state index contributed by atoms with van der Waals surface area (Å²) in [5.74, 6) is -5.74. The lowest BCUT2D eigenvalue weighted by molar-refractivity contribution is -0.144. The first kappa shape index (κ1) is 22.3. The molecular weight excluding hydrogens is 336 g/mol. The van der Waals surface area contributed by atoms with Crippen LogP contribution in [-0.4, -0.2) is 58.0 Å². The molecule has 3 amide bonds. The predicted molar refractivity (Wildman–Crippen MR) is 85.0 cm³/mol. The van der Waals surface area contributed by atoms with Gasteiger partial charge < -0.3 is 32.3 Å². The second-order valence-corrected chi connectivity index (χ2v) is 5.65. The Morgan fingerprint density at radius 3 is 1.96 bits per heavy atom. The largest absolute Gasteiger partial charge is 0.481 e. The number of hydrogen-bond acceptors (Lipinski definition) is 6. The van der Waals surface area contributed by atoms with Gasteiger partial charge in [-0.3, -0.25) is 19.2 Å². The molecule has 0 bridgehead atoms. The molecule has 0 aromatic heterocycles. The van der Waals surface area contributed by atoms with E-state index < -0.39 is 66.5 Å². The molecule has 0 radical (unpaired) electrons. The number of amides is 3. The maximum absolute atomic E-state index is 12.3. The Bertz CT molecular complexity index is 537. The van der Waals surface area contributed by atoms with Gasteiger partial charge in [0.1, 0.15) is 12.1 Å². The number of carbonyl (C=O) groups excluding carboxylic acids is 3. The zero-order valence-corrected chi connectivity index (χ0v) is 14.0. The van der Waals surface area contributed by atoms with Crippen LogP contribution in [-0.2, 0) is 24.0 Å². The Balaban J connectivity index is 5.15. The van der Waals surface area contributed by atoms with Crippen molar-refractivity contribution in [2.45, 2.75) is 51.2 Å². The van der Waals surface area contributed by atoms with Gasteiger partial charge in [0.2, 0.25) is 17.7 Å². The molecule has 8 N–H and O–H groups in total. The van der Waals surface area contributed by atoms with Crippen LogP contribution < -0.4 is 22.1 Å². The Labute approximate surface area is 144 Å². The predicted octanol–water partition coefficient (Wildman–Crippen LogP) is -2.24. The average Bonchev–Trinajstić information content (AvgIpc) is 2.49. The van der Waals surface area contributed by atoms with E-state index in [2.05, 4.69) is 10.6 Å². The first-order chi connectivity index (χ1) is 11.5. The molecule has 0 fully saturated rings. The summed E-state index contributed by atoms with van der Waals surface area (Å²) in [4.78, 5) is 56.8. The maximum atomic E-state index is 12.3. The van der Waals surface area contributed by atoms with Crippen molar-refractivity contribution in [3.05, 3.63) is 0 Å². The van der Waals surface area contributed by atoms with Crippen LogP contribution in [0.4, 0.5) is 0 Å². The number of carboxylic acids is 2. The third-order valence-corrected chi connectivity index (χ3v) is 3.54. The summed E-state index contributed by atoms with van der Waals surface area (Å²) in [7, 11) is 0. The Morgan fingerprint density at radius 2 is 1.56 bits per heavy atom. The minimum atomic E-state index is -1.54. The molecule has 25 heavy (non-hydrogen) atoms. The zero-order chi connectivity index (χ0) is 19.7. The van der Waals surface area contributed by atoms with Crippen LogP contribution in [0.3, 0.4) is 0 Å². The van der Waals surface area contributed by atoms with Crippen LogP contribution in [0.25, 0.3) is 0 Å². The number of nitrogens with two attached hydrogens (primary N) is 2. The Morgan fingerprint density at radius 1 is 1.00 bits per heavy atom. The van der Waals surface area contributed by atoms with E-state index >= 15 is 0 Å². The van der Waals surface area contributed by atoms with Gasteiger partial charge in [0.25, 0.3) is 0 Å². The van der Waals surface area contributed by atoms with Crippen molar-refractivity contribution in [3.8, 4) is 0 Å². The Hall–Kier alpha value is -2.69. The van der Waals surface area contributed by atoms with Crippen LogP contribution in [0.5, 0.6) is 0 Å². The van der Waals surface area contributed by atoms with Gasteiger partial charge in [0.05, 0.1) is 18.9 Å². The van der Waals surface area contributed by atoms with Crippen molar-refractivity contribution in [1.29, 1.82) is 0 Å². The second kappa shape index (κ2) is 10.2. The first-order valence-electron chi connectivity index (χ1n) is 7.58. The SMILES string of the molecule is CC[C@H](C)[C@H](NC(=O)[C@@H](N)CC(=O)O)C(=O)N[C@@H](CC(N)=O)C(=O)O. The quantitative estimate of drug-likeness (QED) is 0.237. The van der Waals surface area contributed by atoms with Crippen LogP contribution in [0.2, 0.25) is 0 Å². The molecule has 0 aromatic rings. The van der Waals surface area contributed by atoms with E-state index in [0.29, 0.717) is 6.42 Å². The first-order valence-corrected chi connectivity index (χ1v) is 7.58. The summed E-state index contributed by atoms with van der Waals surface area (Å²) in [6, 6.07) is -4.05. The van der Waals surface area contributed by atoms with E-state index in [1.165, 1.54) is 0 Å².